The average Bonchev–Trinajstić information content (AvgIpc) is 2.01. The number of rotatable bonds is 2. The van der Waals surface area contributed by atoms with Crippen LogP contribution in [0.3, 0.4) is 0 Å². The van der Waals surface area contributed by atoms with Crippen molar-refractivity contribution in [3.63, 3.8) is 0 Å². The van der Waals surface area contributed by atoms with Crippen molar-refractivity contribution in [1.82, 2.24) is 0 Å². The molecule has 1 atom stereocenters. The van der Waals surface area contributed by atoms with Gasteiger partial charge in [0.25, 0.3) is 0 Å². The van der Waals surface area contributed by atoms with Crippen LogP contribution in [0.5, 0.6) is 0 Å². The Balaban J connectivity index is 5.46. The van der Waals surface area contributed by atoms with E-state index < -0.39 is 0 Å². The van der Waals surface area contributed by atoms with Crippen molar-refractivity contribution in [2.75, 3.05) is 6.66 Å². The highest BCUT2D eigenvalue weighted by molar-refractivity contribution is 7.64. The molecule has 0 rings (SSSR count). The zero-order valence-electron chi connectivity index (χ0n) is 10.2. The summed E-state index contributed by atoms with van der Waals surface area (Å²) in [5.74, 6) is 2.02. The van der Waals surface area contributed by atoms with E-state index in [2.05, 4.69) is 45.5 Å². The van der Waals surface area contributed by atoms with Crippen LogP contribution < -0.4 is 0 Å². The highest BCUT2D eigenvalue weighted by Gasteiger charge is 2.20. The van der Waals surface area contributed by atoms with Crippen molar-refractivity contribution >= 4 is 7.92 Å². The fraction of sp³-hybridized carbons (Fsp3) is 0.538. The predicted octanol–water partition coefficient (Wildman–Crippen LogP) is 4.89. The summed E-state index contributed by atoms with van der Waals surface area (Å²) in [6.07, 6.45) is 0. The molecule has 0 spiro atoms. The molecule has 0 amide bonds. The van der Waals surface area contributed by atoms with E-state index in [1.165, 1.54) is 10.9 Å². The molecule has 0 aromatic rings. The van der Waals surface area contributed by atoms with E-state index in [-0.39, 0.29) is 13.3 Å². The van der Waals surface area contributed by atoms with Crippen LogP contribution in [0.15, 0.2) is 34.7 Å². The predicted molar refractivity (Wildman–Crippen MR) is 67.9 cm³/mol. The standard InChI is InChI=1S/C13H21P/c1-8-14(7)12(13(4,5)6)10-9-11(2)3/h8H,1H2,2-7H3. The molecular formula is C13H21P. The van der Waals surface area contributed by atoms with Crippen LogP contribution in [0, 0.1) is 5.41 Å². The van der Waals surface area contributed by atoms with Gasteiger partial charge >= 0.3 is 0 Å². The largest absolute Gasteiger partial charge is 0.0983 e. The first-order valence-electron chi connectivity index (χ1n) is 4.84. The summed E-state index contributed by atoms with van der Waals surface area (Å²) in [6, 6.07) is 0. The van der Waals surface area contributed by atoms with Gasteiger partial charge in [-0.2, -0.15) is 0 Å². The summed E-state index contributed by atoms with van der Waals surface area (Å²) in [5.41, 5.74) is 7.79. The van der Waals surface area contributed by atoms with Gasteiger partial charge in [0, 0.05) is 5.31 Å². The van der Waals surface area contributed by atoms with Gasteiger partial charge in [-0.3, -0.25) is 0 Å². The Hall–Kier alpha value is -0.530. The SMILES string of the molecule is C=CP(C)C(=C=C=C(C)C)C(C)(C)C. The van der Waals surface area contributed by atoms with Crippen LogP contribution in [-0.4, -0.2) is 6.66 Å². The van der Waals surface area contributed by atoms with Gasteiger partial charge in [0.15, 0.2) is 0 Å². The maximum absolute atomic E-state index is 3.86. The summed E-state index contributed by atoms with van der Waals surface area (Å²) in [7, 11) is -0.267. The molecule has 0 saturated carbocycles. The molecule has 0 aliphatic heterocycles. The molecule has 14 heavy (non-hydrogen) atoms. The highest BCUT2D eigenvalue weighted by Crippen LogP contribution is 2.50. The lowest BCUT2D eigenvalue weighted by atomic mass is 9.96. The maximum atomic E-state index is 3.86. The van der Waals surface area contributed by atoms with E-state index >= 15 is 0 Å². The molecule has 0 bridgehead atoms. The molecular weight excluding hydrogens is 187 g/mol. The lowest BCUT2D eigenvalue weighted by molar-refractivity contribution is 0.532. The molecule has 0 heterocycles. The van der Waals surface area contributed by atoms with Gasteiger partial charge in [0.1, 0.15) is 0 Å². The Bertz CT molecular complexity index is 299. The zero-order valence-corrected chi connectivity index (χ0v) is 11.1. The summed E-state index contributed by atoms with van der Waals surface area (Å²) in [6.45, 7) is 16.8. The lowest BCUT2D eigenvalue weighted by Crippen LogP contribution is -2.06. The van der Waals surface area contributed by atoms with Gasteiger partial charge in [0.05, 0.1) is 0 Å². The summed E-state index contributed by atoms with van der Waals surface area (Å²) in [5, 5.41) is 1.32. The molecule has 0 aliphatic carbocycles. The van der Waals surface area contributed by atoms with Gasteiger partial charge in [-0.15, -0.1) is 0 Å². The third kappa shape index (κ3) is 4.64. The second kappa shape index (κ2) is 5.38. The van der Waals surface area contributed by atoms with Crippen LogP contribution in [0.2, 0.25) is 0 Å². The molecule has 0 saturated heterocycles. The van der Waals surface area contributed by atoms with E-state index in [1.807, 2.05) is 19.7 Å². The van der Waals surface area contributed by atoms with Crippen LogP contribution in [0.25, 0.3) is 0 Å². The molecule has 0 radical (unpaired) electrons. The second-order valence-corrected chi connectivity index (χ2v) is 6.68. The third-order valence-electron chi connectivity index (χ3n) is 1.77. The normalized spacial score (nSPS) is 12.4. The molecule has 0 N–H and O–H groups in total. The van der Waals surface area contributed by atoms with Crippen molar-refractivity contribution in [3.8, 4) is 0 Å². The Morgan fingerprint density at radius 3 is 2.00 bits per heavy atom. The summed E-state index contributed by atoms with van der Waals surface area (Å²) < 4.78 is 0. The van der Waals surface area contributed by atoms with E-state index in [4.69, 9.17) is 0 Å². The maximum Gasteiger partial charge on any atom is 0.0126 e. The number of hydrogen-bond acceptors (Lipinski definition) is 0. The monoisotopic (exact) mass is 208 g/mol. The van der Waals surface area contributed by atoms with Crippen LogP contribution in [-0.2, 0) is 0 Å². The average molecular weight is 208 g/mol. The first-order chi connectivity index (χ1) is 6.29. The molecule has 0 aliphatic rings. The van der Waals surface area contributed by atoms with E-state index in [9.17, 15) is 0 Å². The highest BCUT2D eigenvalue weighted by atomic mass is 31.1. The van der Waals surface area contributed by atoms with E-state index in [1.54, 1.807) is 0 Å². The van der Waals surface area contributed by atoms with Crippen molar-refractivity contribution in [2.24, 2.45) is 5.41 Å². The van der Waals surface area contributed by atoms with Gasteiger partial charge in [-0.05, 0) is 31.5 Å². The molecule has 0 aromatic heterocycles. The van der Waals surface area contributed by atoms with Gasteiger partial charge < -0.3 is 0 Å². The molecule has 0 nitrogen and oxygen atoms in total. The summed E-state index contributed by atoms with van der Waals surface area (Å²) >= 11 is 0. The first-order valence-corrected chi connectivity index (χ1v) is 6.70. The molecule has 1 unspecified atom stereocenters. The molecule has 0 aromatic carbocycles. The van der Waals surface area contributed by atoms with Gasteiger partial charge in [-0.1, -0.05) is 52.6 Å². The number of hydrogen-bond donors (Lipinski definition) is 0. The minimum absolute atomic E-state index is 0.164. The Morgan fingerprint density at radius 2 is 1.71 bits per heavy atom. The topological polar surface area (TPSA) is 0 Å². The number of allylic oxidation sites excluding steroid dienone is 2. The minimum Gasteiger partial charge on any atom is -0.0983 e. The Morgan fingerprint density at radius 1 is 1.21 bits per heavy atom. The van der Waals surface area contributed by atoms with Crippen LogP contribution in [0.1, 0.15) is 34.6 Å². The van der Waals surface area contributed by atoms with E-state index in [0.717, 1.165) is 0 Å². The Labute approximate surface area is 89.9 Å². The summed E-state index contributed by atoms with van der Waals surface area (Å²) in [4.78, 5) is 0. The quantitative estimate of drug-likeness (QED) is 0.447. The molecule has 78 valence electrons. The van der Waals surface area contributed by atoms with Crippen molar-refractivity contribution < 1.29 is 0 Å². The minimum atomic E-state index is -0.267. The fourth-order valence-electron chi connectivity index (χ4n) is 1.08. The van der Waals surface area contributed by atoms with Crippen LogP contribution >= 0.6 is 7.92 Å². The molecule has 1 heteroatoms. The fourth-order valence-corrected chi connectivity index (χ4v) is 2.55. The van der Waals surface area contributed by atoms with Crippen LogP contribution in [0.4, 0.5) is 0 Å². The van der Waals surface area contributed by atoms with Gasteiger partial charge in [-0.25, -0.2) is 0 Å². The second-order valence-electron chi connectivity index (χ2n) is 4.64. The van der Waals surface area contributed by atoms with Crippen molar-refractivity contribution in [3.05, 3.63) is 34.7 Å². The lowest BCUT2D eigenvalue weighted by Gasteiger charge is -2.24. The van der Waals surface area contributed by atoms with Crippen molar-refractivity contribution in [2.45, 2.75) is 34.6 Å². The zero-order chi connectivity index (χ0) is 11.4. The Kier molecular flexibility index (Phi) is 5.17. The van der Waals surface area contributed by atoms with E-state index in [0.29, 0.717) is 0 Å². The third-order valence-corrected chi connectivity index (χ3v) is 3.80. The van der Waals surface area contributed by atoms with Gasteiger partial charge in [0.2, 0.25) is 0 Å². The van der Waals surface area contributed by atoms with Crippen molar-refractivity contribution in [1.29, 1.82) is 0 Å². The first kappa shape index (κ1) is 13.5. The smallest absolute Gasteiger partial charge is 0.0126 e. The molecule has 0 fully saturated rings.